The molecule has 2 aromatic heterocycles. The first-order chi connectivity index (χ1) is 12.9. The summed E-state index contributed by atoms with van der Waals surface area (Å²) in [6.45, 7) is 2.52. The van der Waals surface area contributed by atoms with E-state index in [2.05, 4.69) is 20.9 Å². The highest BCUT2D eigenvalue weighted by Crippen LogP contribution is 2.31. The van der Waals surface area contributed by atoms with Crippen molar-refractivity contribution < 1.29 is 4.79 Å². The number of rotatable bonds is 3. The average Bonchev–Trinajstić information content (AvgIpc) is 3.04. The van der Waals surface area contributed by atoms with E-state index in [1.807, 2.05) is 33.7 Å². The molecule has 0 saturated carbocycles. The van der Waals surface area contributed by atoms with Crippen molar-refractivity contribution in [1.82, 2.24) is 18.7 Å². The normalized spacial score (nSPS) is 13.8. The number of anilines is 2. The summed E-state index contributed by atoms with van der Waals surface area (Å²) in [5.74, 6) is 0.384. The molecule has 0 spiro atoms. The zero-order valence-electron chi connectivity index (χ0n) is 15.0. The van der Waals surface area contributed by atoms with Crippen LogP contribution in [0.5, 0.6) is 0 Å². The summed E-state index contributed by atoms with van der Waals surface area (Å²) in [6.07, 6.45) is 0.837. The highest BCUT2D eigenvalue weighted by atomic mass is 79.9. The summed E-state index contributed by atoms with van der Waals surface area (Å²) in [5, 5.41) is 0. The molecule has 0 saturated heterocycles. The number of aryl methyl sites for hydroxylation is 2. The third-order valence-corrected chi connectivity index (χ3v) is 5.26. The number of imidazole rings is 1. The van der Waals surface area contributed by atoms with Crippen molar-refractivity contribution in [3.63, 3.8) is 0 Å². The molecule has 27 heavy (non-hydrogen) atoms. The van der Waals surface area contributed by atoms with Crippen LogP contribution in [0.25, 0.3) is 11.2 Å². The minimum absolute atomic E-state index is 0.238. The van der Waals surface area contributed by atoms with Gasteiger partial charge in [-0.25, -0.2) is 4.79 Å². The smallest absolute Gasteiger partial charge is 0.312 e. The number of benzene rings is 1. The molecule has 1 aromatic carbocycles. The van der Waals surface area contributed by atoms with E-state index >= 15 is 0 Å². The van der Waals surface area contributed by atoms with Crippen LogP contribution < -0.4 is 16.1 Å². The molecule has 3 heterocycles. The molecular weight excluding hydrogens is 414 g/mol. The number of nitrogens with zero attached hydrogens (tertiary/aromatic N) is 5. The Balaban J connectivity index is 1.98. The van der Waals surface area contributed by atoms with E-state index in [9.17, 15) is 14.4 Å². The fourth-order valence-electron chi connectivity index (χ4n) is 3.49. The van der Waals surface area contributed by atoms with Gasteiger partial charge in [-0.15, -0.1) is 0 Å². The highest BCUT2D eigenvalue weighted by Gasteiger charge is 2.27. The van der Waals surface area contributed by atoms with Gasteiger partial charge in [0.2, 0.25) is 5.95 Å². The highest BCUT2D eigenvalue weighted by molar-refractivity contribution is 9.10. The molecule has 140 valence electrons. The van der Waals surface area contributed by atoms with Gasteiger partial charge in [-0.3, -0.25) is 18.7 Å². The summed E-state index contributed by atoms with van der Waals surface area (Å²) in [4.78, 5) is 43.7. The Morgan fingerprint density at radius 1 is 1.19 bits per heavy atom. The molecule has 9 heteroatoms. The minimum Gasteiger partial charge on any atom is -0.312 e. The van der Waals surface area contributed by atoms with Gasteiger partial charge in [0.1, 0.15) is 5.78 Å². The topological polar surface area (TPSA) is 82.1 Å². The van der Waals surface area contributed by atoms with Gasteiger partial charge in [-0.05, 0) is 37.6 Å². The van der Waals surface area contributed by atoms with Crippen molar-refractivity contribution in [3.05, 3.63) is 49.6 Å². The van der Waals surface area contributed by atoms with E-state index < -0.39 is 11.2 Å². The third-order valence-electron chi connectivity index (χ3n) is 4.74. The second-order valence-corrected chi connectivity index (χ2v) is 7.57. The standard InChI is InChI=1S/C18H18BrN5O3/c1-11(25)10-24-16(26)14-15(21(2)18(24)27)20-17-22(8-3-9-23(14)17)13-6-4-12(19)5-7-13/h4-7H,3,8-10H2,1-2H3. The number of carbonyl (C=O) groups excluding carboxylic acids is 1. The zero-order valence-corrected chi connectivity index (χ0v) is 16.6. The van der Waals surface area contributed by atoms with Gasteiger partial charge in [-0.1, -0.05) is 15.9 Å². The SMILES string of the molecule is CC(=O)Cn1c(=O)c2c(nc3n2CCCN3c2ccc(Br)cc2)n(C)c1=O. The molecule has 0 radical (unpaired) electrons. The quantitative estimate of drug-likeness (QED) is 0.631. The van der Waals surface area contributed by atoms with Gasteiger partial charge in [-0.2, -0.15) is 4.98 Å². The summed E-state index contributed by atoms with van der Waals surface area (Å²) in [7, 11) is 1.57. The lowest BCUT2D eigenvalue weighted by molar-refractivity contribution is -0.117. The monoisotopic (exact) mass is 431 g/mol. The van der Waals surface area contributed by atoms with E-state index in [0.717, 1.165) is 27.7 Å². The lowest BCUT2D eigenvalue weighted by Crippen LogP contribution is -2.41. The number of hydrogen-bond donors (Lipinski definition) is 0. The molecule has 0 aliphatic carbocycles. The molecule has 0 atom stereocenters. The van der Waals surface area contributed by atoms with E-state index in [1.165, 1.54) is 11.5 Å². The first-order valence-electron chi connectivity index (χ1n) is 8.61. The predicted octanol–water partition coefficient (Wildman–Crippen LogP) is 1.79. The maximum atomic E-state index is 13.0. The fraction of sp³-hybridized carbons (Fsp3) is 0.333. The van der Waals surface area contributed by atoms with Gasteiger partial charge >= 0.3 is 5.69 Å². The van der Waals surface area contributed by atoms with Gasteiger partial charge in [0.25, 0.3) is 5.56 Å². The van der Waals surface area contributed by atoms with Crippen LogP contribution in [0, 0.1) is 0 Å². The molecule has 0 bridgehead atoms. The van der Waals surface area contributed by atoms with E-state index in [4.69, 9.17) is 0 Å². The lowest BCUT2D eigenvalue weighted by Gasteiger charge is -2.29. The maximum absolute atomic E-state index is 13.0. The van der Waals surface area contributed by atoms with Gasteiger partial charge < -0.3 is 9.47 Å². The van der Waals surface area contributed by atoms with Crippen LogP contribution in [-0.2, 0) is 24.9 Å². The van der Waals surface area contributed by atoms with Gasteiger partial charge in [0.05, 0.1) is 6.54 Å². The van der Waals surface area contributed by atoms with Crippen LogP contribution in [0.2, 0.25) is 0 Å². The summed E-state index contributed by atoms with van der Waals surface area (Å²) in [5.41, 5.74) is 0.649. The number of fused-ring (bicyclic) bond motifs is 3. The Kier molecular flexibility index (Phi) is 4.26. The first kappa shape index (κ1) is 17.7. The number of ketones is 1. The van der Waals surface area contributed by atoms with Crippen LogP contribution in [0.15, 0.2) is 38.3 Å². The second kappa shape index (κ2) is 6.49. The number of hydrogen-bond acceptors (Lipinski definition) is 5. The van der Waals surface area contributed by atoms with Crippen molar-refractivity contribution in [2.24, 2.45) is 7.05 Å². The molecule has 0 fully saturated rings. The zero-order chi connectivity index (χ0) is 19.3. The predicted molar refractivity (Wildman–Crippen MR) is 106 cm³/mol. The first-order valence-corrected chi connectivity index (χ1v) is 9.40. The van der Waals surface area contributed by atoms with Crippen LogP contribution in [-0.4, -0.2) is 31.0 Å². The van der Waals surface area contributed by atoms with Crippen molar-refractivity contribution in [1.29, 1.82) is 0 Å². The number of carbonyl (C=O) groups is 1. The van der Waals surface area contributed by atoms with Crippen molar-refractivity contribution >= 4 is 44.5 Å². The molecule has 0 amide bonds. The number of Topliss-reactive ketones (excluding diaryl/α,β-unsaturated/α-hetero) is 1. The van der Waals surface area contributed by atoms with Gasteiger partial charge in [0.15, 0.2) is 11.2 Å². The average molecular weight is 432 g/mol. The van der Waals surface area contributed by atoms with Crippen molar-refractivity contribution in [2.75, 3.05) is 11.4 Å². The molecule has 1 aliphatic rings. The Morgan fingerprint density at radius 2 is 1.89 bits per heavy atom. The Hall–Kier alpha value is -2.68. The molecule has 4 rings (SSSR count). The minimum atomic E-state index is -0.534. The van der Waals surface area contributed by atoms with Crippen LogP contribution in [0.3, 0.4) is 0 Å². The summed E-state index contributed by atoms with van der Waals surface area (Å²) in [6, 6.07) is 7.86. The van der Waals surface area contributed by atoms with Crippen molar-refractivity contribution in [3.8, 4) is 0 Å². The Bertz CT molecular complexity index is 1170. The van der Waals surface area contributed by atoms with Crippen LogP contribution in [0.4, 0.5) is 11.6 Å². The van der Waals surface area contributed by atoms with E-state index in [0.29, 0.717) is 23.7 Å². The number of aromatic nitrogens is 4. The maximum Gasteiger partial charge on any atom is 0.332 e. The second-order valence-electron chi connectivity index (χ2n) is 6.65. The molecule has 0 unspecified atom stereocenters. The largest absolute Gasteiger partial charge is 0.332 e. The summed E-state index contributed by atoms with van der Waals surface area (Å²) < 4.78 is 5.15. The van der Waals surface area contributed by atoms with Crippen LogP contribution in [0.1, 0.15) is 13.3 Å². The van der Waals surface area contributed by atoms with E-state index in [-0.39, 0.29) is 12.3 Å². The summed E-state index contributed by atoms with van der Waals surface area (Å²) >= 11 is 3.43. The lowest BCUT2D eigenvalue weighted by atomic mass is 10.2. The molecular formula is C18H18BrN5O3. The Labute approximate surface area is 162 Å². The Morgan fingerprint density at radius 3 is 2.56 bits per heavy atom. The van der Waals surface area contributed by atoms with Crippen LogP contribution >= 0.6 is 15.9 Å². The molecule has 0 N–H and O–H groups in total. The number of halogens is 1. The van der Waals surface area contributed by atoms with Crippen molar-refractivity contribution in [2.45, 2.75) is 26.4 Å². The fourth-order valence-corrected chi connectivity index (χ4v) is 3.76. The molecule has 3 aromatic rings. The van der Waals surface area contributed by atoms with E-state index in [1.54, 1.807) is 7.05 Å². The molecule has 8 nitrogen and oxygen atoms in total. The third kappa shape index (κ3) is 2.82. The molecule has 1 aliphatic heterocycles. The van der Waals surface area contributed by atoms with Gasteiger partial charge in [0, 0.05) is 30.3 Å².